The molecule has 1 amide bonds. The lowest BCUT2D eigenvalue weighted by Crippen LogP contribution is -2.37. The summed E-state index contributed by atoms with van der Waals surface area (Å²) in [7, 11) is 0. The van der Waals surface area contributed by atoms with E-state index in [0.717, 1.165) is 30.2 Å². The Morgan fingerprint density at radius 3 is 2.56 bits per heavy atom. The van der Waals surface area contributed by atoms with Crippen molar-refractivity contribution in [3.8, 4) is 0 Å². The van der Waals surface area contributed by atoms with Gasteiger partial charge in [-0.25, -0.2) is 0 Å². The minimum absolute atomic E-state index is 0.0242. The summed E-state index contributed by atoms with van der Waals surface area (Å²) >= 11 is 0. The lowest BCUT2D eigenvalue weighted by Gasteiger charge is -2.26. The number of hydrogen-bond acceptors (Lipinski definition) is 4. The lowest BCUT2D eigenvalue weighted by atomic mass is 10.0. The van der Waals surface area contributed by atoms with Gasteiger partial charge in [0.2, 0.25) is 5.91 Å². The number of carbonyl (C=O) groups is 1. The summed E-state index contributed by atoms with van der Waals surface area (Å²) in [6, 6.07) is 13.5. The summed E-state index contributed by atoms with van der Waals surface area (Å²) in [4.78, 5) is 14.7. The van der Waals surface area contributed by atoms with Gasteiger partial charge in [0.05, 0.1) is 6.04 Å². The van der Waals surface area contributed by atoms with Crippen LogP contribution in [-0.4, -0.2) is 30.4 Å². The SMILES string of the molecule is Cc1ccc(C(CNC(=O)CC(N)c2ccccc2)N2CCCC2)o1. The van der Waals surface area contributed by atoms with Gasteiger partial charge in [0.15, 0.2) is 0 Å². The first kappa shape index (κ1) is 17.7. The molecule has 0 saturated carbocycles. The second-order valence-corrected chi connectivity index (χ2v) is 6.73. The number of likely N-dealkylation sites (tertiary alicyclic amines) is 1. The summed E-state index contributed by atoms with van der Waals surface area (Å²) in [6.07, 6.45) is 2.68. The quantitative estimate of drug-likeness (QED) is 0.812. The van der Waals surface area contributed by atoms with Crippen LogP contribution in [-0.2, 0) is 4.79 Å². The molecule has 5 nitrogen and oxygen atoms in total. The monoisotopic (exact) mass is 341 g/mol. The van der Waals surface area contributed by atoms with Crippen molar-refractivity contribution in [1.29, 1.82) is 0 Å². The Balaban J connectivity index is 1.58. The zero-order valence-electron chi connectivity index (χ0n) is 14.8. The van der Waals surface area contributed by atoms with Gasteiger partial charge in [0, 0.05) is 19.0 Å². The second kappa shape index (κ2) is 8.32. The maximum atomic E-state index is 12.3. The topological polar surface area (TPSA) is 71.5 Å². The largest absolute Gasteiger partial charge is 0.465 e. The Labute approximate surface area is 149 Å². The number of carbonyl (C=O) groups excluding carboxylic acids is 1. The second-order valence-electron chi connectivity index (χ2n) is 6.73. The van der Waals surface area contributed by atoms with E-state index in [0.29, 0.717) is 6.54 Å². The fourth-order valence-corrected chi connectivity index (χ4v) is 3.40. The van der Waals surface area contributed by atoms with Gasteiger partial charge in [0.25, 0.3) is 0 Å². The highest BCUT2D eigenvalue weighted by atomic mass is 16.3. The van der Waals surface area contributed by atoms with Gasteiger partial charge in [0.1, 0.15) is 11.5 Å². The standard InChI is InChI=1S/C20H27N3O2/c1-15-9-10-19(25-15)18(23-11-5-6-12-23)14-22-20(24)13-17(21)16-7-3-2-4-8-16/h2-4,7-10,17-18H,5-6,11-14,21H2,1H3,(H,22,24). The van der Waals surface area contributed by atoms with Crippen molar-refractivity contribution in [1.82, 2.24) is 10.2 Å². The van der Waals surface area contributed by atoms with E-state index in [9.17, 15) is 4.79 Å². The number of furan rings is 1. The molecule has 3 N–H and O–H groups in total. The number of nitrogens with zero attached hydrogens (tertiary/aromatic N) is 1. The van der Waals surface area contributed by atoms with Crippen LogP contribution in [0.25, 0.3) is 0 Å². The Kier molecular flexibility index (Phi) is 5.89. The number of hydrogen-bond donors (Lipinski definition) is 2. The summed E-state index contributed by atoms with van der Waals surface area (Å²) in [5, 5.41) is 3.05. The van der Waals surface area contributed by atoms with E-state index < -0.39 is 0 Å². The van der Waals surface area contributed by atoms with Gasteiger partial charge in [-0.3, -0.25) is 9.69 Å². The maximum absolute atomic E-state index is 12.3. The Morgan fingerprint density at radius 1 is 1.20 bits per heavy atom. The molecule has 2 heterocycles. The van der Waals surface area contributed by atoms with Crippen molar-refractivity contribution in [3.05, 3.63) is 59.5 Å². The van der Waals surface area contributed by atoms with Gasteiger partial charge in [-0.1, -0.05) is 30.3 Å². The molecular formula is C20H27N3O2. The van der Waals surface area contributed by atoms with E-state index in [-0.39, 0.29) is 24.4 Å². The number of nitrogens with one attached hydrogen (secondary N) is 1. The van der Waals surface area contributed by atoms with Crippen molar-refractivity contribution in [2.24, 2.45) is 5.73 Å². The zero-order valence-corrected chi connectivity index (χ0v) is 14.8. The third-order valence-corrected chi connectivity index (χ3v) is 4.80. The molecule has 1 aromatic carbocycles. The highest BCUT2D eigenvalue weighted by Gasteiger charge is 2.26. The van der Waals surface area contributed by atoms with Crippen LogP contribution in [0.15, 0.2) is 46.9 Å². The lowest BCUT2D eigenvalue weighted by molar-refractivity contribution is -0.121. The number of aryl methyl sites for hydroxylation is 1. The molecule has 0 spiro atoms. The minimum Gasteiger partial charge on any atom is -0.465 e. The van der Waals surface area contributed by atoms with Gasteiger partial charge >= 0.3 is 0 Å². The van der Waals surface area contributed by atoms with E-state index in [1.54, 1.807) is 0 Å². The van der Waals surface area contributed by atoms with Crippen molar-refractivity contribution in [3.63, 3.8) is 0 Å². The highest BCUT2D eigenvalue weighted by Crippen LogP contribution is 2.26. The van der Waals surface area contributed by atoms with Crippen LogP contribution in [0.2, 0.25) is 0 Å². The third kappa shape index (κ3) is 4.71. The molecule has 134 valence electrons. The molecule has 2 atom stereocenters. The van der Waals surface area contributed by atoms with Gasteiger partial charge < -0.3 is 15.5 Å². The predicted molar refractivity (Wildman–Crippen MR) is 98.0 cm³/mol. The molecule has 2 aromatic rings. The van der Waals surface area contributed by atoms with Crippen molar-refractivity contribution in [2.45, 2.75) is 38.3 Å². The summed E-state index contributed by atoms with van der Waals surface area (Å²) in [5.41, 5.74) is 7.13. The molecular weight excluding hydrogens is 314 g/mol. The first-order chi connectivity index (χ1) is 12.1. The molecule has 25 heavy (non-hydrogen) atoms. The fourth-order valence-electron chi connectivity index (χ4n) is 3.40. The van der Waals surface area contributed by atoms with Crippen LogP contribution < -0.4 is 11.1 Å². The summed E-state index contributed by atoms with van der Waals surface area (Å²) < 4.78 is 5.82. The van der Waals surface area contributed by atoms with Crippen LogP contribution in [0.1, 0.15) is 48.4 Å². The first-order valence-corrected chi connectivity index (χ1v) is 9.01. The minimum atomic E-state index is -0.280. The van der Waals surface area contributed by atoms with Crippen molar-refractivity contribution >= 4 is 5.91 Å². The van der Waals surface area contributed by atoms with E-state index in [2.05, 4.69) is 10.2 Å². The molecule has 3 rings (SSSR count). The smallest absolute Gasteiger partial charge is 0.221 e. The van der Waals surface area contributed by atoms with E-state index >= 15 is 0 Å². The normalized spacial score (nSPS) is 17.4. The molecule has 1 aliphatic heterocycles. The van der Waals surface area contributed by atoms with Gasteiger partial charge in [-0.05, 0) is 50.6 Å². The third-order valence-electron chi connectivity index (χ3n) is 4.80. The Morgan fingerprint density at radius 2 is 1.92 bits per heavy atom. The average Bonchev–Trinajstić information content (AvgIpc) is 3.28. The maximum Gasteiger partial charge on any atom is 0.221 e. The van der Waals surface area contributed by atoms with E-state index in [1.165, 1.54) is 12.8 Å². The molecule has 0 bridgehead atoms. The predicted octanol–water partition coefficient (Wildman–Crippen LogP) is 2.93. The highest BCUT2D eigenvalue weighted by molar-refractivity contribution is 5.76. The number of nitrogens with two attached hydrogens (primary N) is 1. The average molecular weight is 341 g/mol. The van der Waals surface area contributed by atoms with Gasteiger partial charge in [-0.2, -0.15) is 0 Å². The molecule has 0 aliphatic carbocycles. The number of benzene rings is 1. The molecule has 5 heteroatoms. The molecule has 1 saturated heterocycles. The van der Waals surface area contributed by atoms with E-state index in [4.69, 9.17) is 10.2 Å². The molecule has 0 radical (unpaired) electrons. The van der Waals surface area contributed by atoms with E-state index in [1.807, 2.05) is 49.4 Å². The van der Waals surface area contributed by atoms with Crippen LogP contribution in [0.3, 0.4) is 0 Å². The van der Waals surface area contributed by atoms with Crippen LogP contribution in [0, 0.1) is 6.92 Å². The molecule has 1 aliphatic rings. The fraction of sp³-hybridized carbons (Fsp3) is 0.450. The molecule has 2 unspecified atom stereocenters. The summed E-state index contributed by atoms with van der Waals surface area (Å²) in [6.45, 7) is 4.59. The molecule has 1 fully saturated rings. The Hall–Kier alpha value is -2.11. The van der Waals surface area contributed by atoms with Crippen LogP contribution in [0.4, 0.5) is 0 Å². The first-order valence-electron chi connectivity index (χ1n) is 9.01. The van der Waals surface area contributed by atoms with Crippen LogP contribution >= 0.6 is 0 Å². The summed E-state index contributed by atoms with van der Waals surface area (Å²) in [5.74, 6) is 1.80. The van der Waals surface area contributed by atoms with Gasteiger partial charge in [-0.15, -0.1) is 0 Å². The number of amides is 1. The van der Waals surface area contributed by atoms with Crippen molar-refractivity contribution < 1.29 is 9.21 Å². The van der Waals surface area contributed by atoms with Crippen LogP contribution in [0.5, 0.6) is 0 Å². The zero-order chi connectivity index (χ0) is 17.6. The Bertz CT molecular complexity index is 677. The number of rotatable bonds is 7. The van der Waals surface area contributed by atoms with Crippen molar-refractivity contribution in [2.75, 3.05) is 19.6 Å². The molecule has 1 aromatic heterocycles.